The van der Waals surface area contributed by atoms with Gasteiger partial charge in [0.05, 0.1) is 4.92 Å². The van der Waals surface area contributed by atoms with Crippen LogP contribution < -0.4 is 4.90 Å². The second kappa shape index (κ2) is 5.12. The van der Waals surface area contributed by atoms with Gasteiger partial charge in [-0.15, -0.1) is 6.58 Å². The molecular formula is C13H12N2O5. The zero-order chi connectivity index (χ0) is 14.9. The summed E-state index contributed by atoms with van der Waals surface area (Å²) < 4.78 is 0. The number of carboxylic acid groups (broad SMARTS) is 1. The standard InChI is InChI=1S/C13H12N2O5/c1-2-8-5-12(16)14(7-8)9-3-4-11(15(19)20)10(6-9)13(17)18/h2-4,6,8H,1,5,7H2,(H,17,18). The van der Waals surface area contributed by atoms with Crippen LogP contribution in [0.5, 0.6) is 0 Å². The maximum atomic E-state index is 11.8. The van der Waals surface area contributed by atoms with Gasteiger partial charge in [0.15, 0.2) is 0 Å². The first-order valence-electron chi connectivity index (χ1n) is 5.88. The minimum atomic E-state index is -1.40. The number of hydrogen-bond donors (Lipinski definition) is 1. The predicted octanol–water partition coefficient (Wildman–Crippen LogP) is 1.83. The maximum absolute atomic E-state index is 11.8. The highest BCUT2D eigenvalue weighted by Gasteiger charge is 2.30. The molecule has 1 heterocycles. The van der Waals surface area contributed by atoms with Gasteiger partial charge >= 0.3 is 5.97 Å². The first kappa shape index (κ1) is 13.7. The molecule has 0 saturated carbocycles. The lowest BCUT2D eigenvalue weighted by Crippen LogP contribution is -2.24. The first-order valence-corrected chi connectivity index (χ1v) is 5.88. The van der Waals surface area contributed by atoms with Crippen molar-refractivity contribution in [2.45, 2.75) is 6.42 Å². The van der Waals surface area contributed by atoms with E-state index in [1.54, 1.807) is 6.08 Å². The lowest BCUT2D eigenvalue weighted by Gasteiger charge is -2.16. The van der Waals surface area contributed by atoms with Crippen LogP contribution in [0.4, 0.5) is 11.4 Å². The number of rotatable bonds is 4. The van der Waals surface area contributed by atoms with Gasteiger partial charge in [-0.1, -0.05) is 6.08 Å². The third kappa shape index (κ3) is 2.37. The van der Waals surface area contributed by atoms with Gasteiger partial charge in [0, 0.05) is 30.6 Å². The molecular weight excluding hydrogens is 264 g/mol. The van der Waals surface area contributed by atoms with E-state index in [1.807, 2.05) is 0 Å². The van der Waals surface area contributed by atoms with Crippen molar-refractivity contribution in [1.29, 1.82) is 0 Å². The quantitative estimate of drug-likeness (QED) is 0.513. The van der Waals surface area contributed by atoms with Gasteiger partial charge in [0.25, 0.3) is 5.69 Å². The minimum Gasteiger partial charge on any atom is -0.477 e. The summed E-state index contributed by atoms with van der Waals surface area (Å²) in [6.07, 6.45) is 1.98. The average molecular weight is 276 g/mol. The van der Waals surface area contributed by atoms with Crippen molar-refractivity contribution in [1.82, 2.24) is 0 Å². The number of anilines is 1. The summed E-state index contributed by atoms with van der Waals surface area (Å²) in [6, 6.07) is 3.64. The van der Waals surface area contributed by atoms with Crippen molar-refractivity contribution in [3.63, 3.8) is 0 Å². The van der Waals surface area contributed by atoms with E-state index in [0.717, 1.165) is 12.1 Å². The van der Waals surface area contributed by atoms with Gasteiger partial charge < -0.3 is 10.0 Å². The van der Waals surface area contributed by atoms with Crippen molar-refractivity contribution in [3.8, 4) is 0 Å². The summed E-state index contributed by atoms with van der Waals surface area (Å²) in [5.74, 6) is -1.54. The molecule has 1 aliphatic rings. The lowest BCUT2D eigenvalue weighted by molar-refractivity contribution is -0.385. The molecule has 7 nitrogen and oxygen atoms in total. The molecule has 1 atom stereocenters. The van der Waals surface area contributed by atoms with E-state index in [1.165, 1.54) is 11.0 Å². The molecule has 7 heteroatoms. The molecule has 1 aromatic rings. The SMILES string of the molecule is C=CC1CC(=O)N(c2ccc([N+](=O)[O-])c(C(=O)O)c2)C1. The highest BCUT2D eigenvalue weighted by molar-refractivity contribution is 5.99. The molecule has 0 radical (unpaired) electrons. The van der Waals surface area contributed by atoms with Crippen molar-refractivity contribution in [2.24, 2.45) is 5.92 Å². The van der Waals surface area contributed by atoms with E-state index in [2.05, 4.69) is 6.58 Å². The van der Waals surface area contributed by atoms with Crippen LogP contribution in [0.1, 0.15) is 16.8 Å². The Hall–Kier alpha value is -2.70. The number of carbonyl (C=O) groups is 2. The Morgan fingerprint density at radius 2 is 2.25 bits per heavy atom. The molecule has 1 aliphatic heterocycles. The number of benzene rings is 1. The zero-order valence-electron chi connectivity index (χ0n) is 10.5. The number of nitro benzene ring substituents is 1. The molecule has 1 saturated heterocycles. The van der Waals surface area contributed by atoms with Gasteiger partial charge in [-0.3, -0.25) is 14.9 Å². The number of carboxylic acids is 1. The van der Waals surface area contributed by atoms with Crippen LogP contribution >= 0.6 is 0 Å². The van der Waals surface area contributed by atoms with E-state index in [-0.39, 0.29) is 11.8 Å². The zero-order valence-corrected chi connectivity index (χ0v) is 10.5. The number of aromatic carboxylic acids is 1. The molecule has 104 valence electrons. The Labute approximate surface area is 114 Å². The second-order valence-electron chi connectivity index (χ2n) is 4.47. The average Bonchev–Trinajstić information content (AvgIpc) is 2.79. The minimum absolute atomic E-state index is 0.00553. The molecule has 20 heavy (non-hydrogen) atoms. The highest BCUT2D eigenvalue weighted by atomic mass is 16.6. The fraction of sp³-hybridized carbons (Fsp3) is 0.231. The van der Waals surface area contributed by atoms with Crippen LogP contribution in [0.3, 0.4) is 0 Å². The van der Waals surface area contributed by atoms with Gasteiger partial charge in [-0.2, -0.15) is 0 Å². The van der Waals surface area contributed by atoms with E-state index < -0.39 is 22.1 Å². The van der Waals surface area contributed by atoms with E-state index in [0.29, 0.717) is 18.7 Å². The molecule has 0 spiro atoms. The summed E-state index contributed by atoms with van der Waals surface area (Å²) in [5.41, 5.74) is -0.571. The molecule has 1 amide bonds. The summed E-state index contributed by atoms with van der Waals surface area (Å²) in [4.78, 5) is 34.3. The molecule has 1 aromatic carbocycles. The molecule has 0 aliphatic carbocycles. The van der Waals surface area contributed by atoms with Crippen LogP contribution in [0.25, 0.3) is 0 Å². The Morgan fingerprint density at radius 1 is 1.55 bits per heavy atom. The second-order valence-corrected chi connectivity index (χ2v) is 4.47. The number of carbonyl (C=O) groups excluding carboxylic acids is 1. The Morgan fingerprint density at radius 3 is 2.75 bits per heavy atom. The third-order valence-electron chi connectivity index (χ3n) is 3.21. The van der Waals surface area contributed by atoms with E-state index >= 15 is 0 Å². The van der Waals surface area contributed by atoms with E-state index in [4.69, 9.17) is 5.11 Å². The number of hydrogen-bond acceptors (Lipinski definition) is 4. The monoisotopic (exact) mass is 276 g/mol. The summed E-state index contributed by atoms with van der Waals surface area (Å²) >= 11 is 0. The van der Waals surface area contributed by atoms with Crippen molar-refractivity contribution in [3.05, 3.63) is 46.5 Å². The molecule has 2 rings (SSSR count). The largest absolute Gasteiger partial charge is 0.477 e. The first-order chi connectivity index (χ1) is 9.43. The molecule has 1 fully saturated rings. The van der Waals surface area contributed by atoms with E-state index in [9.17, 15) is 19.7 Å². The van der Waals surface area contributed by atoms with Crippen LogP contribution in [0.2, 0.25) is 0 Å². The predicted molar refractivity (Wildman–Crippen MR) is 70.7 cm³/mol. The normalized spacial score (nSPS) is 18.1. The molecule has 1 N–H and O–H groups in total. The van der Waals surface area contributed by atoms with Gasteiger partial charge in [-0.25, -0.2) is 4.79 Å². The van der Waals surface area contributed by atoms with Crippen LogP contribution in [0, 0.1) is 16.0 Å². The number of nitro groups is 1. The Bertz CT molecular complexity index is 611. The molecule has 0 bridgehead atoms. The van der Waals surface area contributed by atoms with Crippen LogP contribution in [0.15, 0.2) is 30.9 Å². The fourth-order valence-corrected chi connectivity index (χ4v) is 2.17. The van der Waals surface area contributed by atoms with Crippen molar-refractivity contribution in [2.75, 3.05) is 11.4 Å². The van der Waals surface area contributed by atoms with Gasteiger partial charge in [0.2, 0.25) is 5.91 Å². The number of nitrogens with zero attached hydrogens (tertiary/aromatic N) is 2. The Kier molecular flexibility index (Phi) is 3.51. The smallest absolute Gasteiger partial charge is 0.342 e. The van der Waals surface area contributed by atoms with Crippen LogP contribution in [-0.2, 0) is 4.79 Å². The Balaban J connectivity index is 2.42. The fourth-order valence-electron chi connectivity index (χ4n) is 2.17. The molecule has 1 unspecified atom stereocenters. The topological polar surface area (TPSA) is 101 Å². The van der Waals surface area contributed by atoms with Crippen molar-refractivity contribution >= 4 is 23.3 Å². The highest BCUT2D eigenvalue weighted by Crippen LogP contribution is 2.29. The van der Waals surface area contributed by atoms with Crippen molar-refractivity contribution < 1.29 is 19.6 Å². The summed E-state index contributed by atoms with van der Waals surface area (Å²) in [7, 11) is 0. The number of amides is 1. The van der Waals surface area contributed by atoms with Gasteiger partial charge in [0.1, 0.15) is 5.56 Å². The summed E-state index contributed by atoms with van der Waals surface area (Å²) in [5, 5.41) is 19.8. The summed E-state index contributed by atoms with van der Waals surface area (Å²) in [6.45, 7) is 4.03. The molecule has 0 aromatic heterocycles. The maximum Gasteiger partial charge on any atom is 0.342 e. The lowest BCUT2D eigenvalue weighted by atomic mass is 10.1. The third-order valence-corrected chi connectivity index (χ3v) is 3.21. The van der Waals surface area contributed by atoms with Crippen LogP contribution in [-0.4, -0.2) is 28.5 Å². The van der Waals surface area contributed by atoms with Gasteiger partial charge in [-0.05, 0) is 12.1 Å².